The summed E-state index contributed by atoms with van der Waals surface area (Å²) in [5.74, 6) is 0.0991. The van der Waals surface area contributed by atoms with Crippen LogP contribution in [0.3, 0.4) is 0 Å². The number of carbonyl (C=O) groups is 1. The Balaban J connectivity index is 1.34. The quantitative estimate of drug-likeness (QED) is 0.415. The van der Waals surface area contributed by atoms with Crippen molar-refractivity contribution >= 4 is 34.1 Å². The van der Waals surface area contributed by atoms with Crippen LogP contribution in [0.4, 0.5) is 5.13 Å². The highest BCUT2D eigenvalue weighted by atomic mass is 32.2. The average molecular weight is 434 g/mol. The number of amides is 1. The highest BCUT2D eigenvalue weighted by molar-refractivity contribution is 7.99. The molecule has 0 atom stereocenters. The molecule has 30 heavy (non-hydrogen) atoms. The number of hydrogen-bond donors (Lipinski definition) is 1. The van der Waals surface area contributed by atoms with Crippen molar-refractivity contribution in [2.75, 3.05) is 11.1 Å². The van der Waals surface area contributed by atoms with E-state index in [0.717, 1.165) is 28.2 Å². The fraction of sp³-hybridized carbons (Fsp3) is 0.136. The molecule has 1 amide bonds. The molecule has 0 aliphatic carbocycles. The molecule has 0 saturated carbocycles. The summed E-state index contributed by atoms with van der Waals surface area (Å²) in [7, 11) is 0. The highest BCUT2D eigenvalue weighted by Gasteiger charge is 2.09. The van der Waals surface area contributed by atoms with E-state index in [9.17, 15) is 4.79 Å². The van der Waals surface area contributed by atoms with Gasteiger partial charge in [-0.1, -0.05) is 84.6 Å². The summed E-state index contributed by atoms with van der Waals surface area (Å²) in [6.07, 6.45) is 0.805. The van der Waals surface area contributed by atoms with Crippen LogP contribution in [0, 0.1) is 0 Å². The second-order valence-corrected chi connectivity index (χ2v) is 8.45. The molecule has 2 aromatic heterocycles. The maximum absolute atomic E-state index is 12.1. The van der Waals surface area contributed by atoms with Gasteiger partial charge in [0.25, 0.3) is 0 Å². The summed E-state index contributed by atoms with van der Waals surface area (Å²) >= 11 is 2.73. The molecular formula is C22H19N5OS2. The topological polar surface area (TPSA) is 80.7 Å². The third kappa shape index (κ3) is 5.08. The summed E-state index contributed by atoms with van der Waals surface area (Å²) < 4.78 is 0. The molecule has 4 rings (SSSR count). The molecule has 0 unspecified atom stereocenters. The Bertz CT molecular complexity index is 1110. The van der Waals surface area contributed by atoms with E-state index < -0.39 is 0 Å². The van der Waals surface area contributed by atoms with Gasteiger partial charge in [-0.2, -0.15) is 0 Å². The van der Waals surface area contributed by atoms with Crippen LogP contribution < -0.4 is 5.32 Å². The van der Waals surface area contributed by atoms with Crippen LogP contribution in [-0.2, 0) is 11.2 Å². The zero-order valence-corrected chi connectivity index (χ0v) is 17.9. The van der Waals surface area contributed by atoms with Crippen molar-refractivity contribution in [3.05, 3.63) is 71.7 Å². The van der Waals surface area contributed by atoms with E-state index in [1.807, 2.05) is 49.4 Å². The van der Waals surface area contributed by atoms with E-state index in [0.29, 0.717) is 10.2 Å². The molecule has 6 nitrogen and oxygen atoms in total. The molecule has 150 valence electrons. The number of nitrogens with zero attached hydrogens (tertiary/aromatic N) is 4. The first-order chi connectivity index (χ1) is 14.7. The monoisotopic (exact) mass is 433 g/mol. The first kappa shape index (κ1) is 20.2. The maximum Gasteiger partial charge on any atom is 0.236 e. The van der Waals surface area contributed by atoms with Crippen molar-refractivity contribution in [3.63, 3.8) is 0 Å². The maximum atomic E-state index is 12.1. The Morgan fingerprint density at radius 1 is 0.867 bits per heavy atom. The minimum absolute atomic E-state index is 0.138. The van der Waals surface area contributed by atoms with Crippen molar-refractivity contribution in [1.29, 1.82) is 0 Å². The van der Waals surface area contributed by atoms with Crippen LogP contribution in [0.5, 0.6) is 0 Å². The average Bonchev–Trinajstić information content (AvgIpc) is 3.26. The molecule has 0 bridgehead atoms. The van der Waals surface area contributed by atoms with E-state index in [2.05, 4.69) is 50.0 Å². The zero-order chi connectivity index (χ0) is 20.8. The summed E-state index contributed by atoms with van der Waals surface area (Å²) in [4.78, 5) is 12.1. The molecule has 4 aromatic rings. The van der Waals surface area contributed by atoms with Gasteiger partial charge in [0, 0.05) is 5.56 Å². The predicted molar refractivity (Wildman–Crippen MR) is 122 cm³/mol. The van der Waals surface area contributed by atoms with Crippen molar-refractivity contribution < 1.29 is 4.79 Å². The SMILES string of the molecule is CCc1nnc(NC(=O)CSc2ccc(-c3ccc(-c4ccccc4)cc3)nn2)s1. The molecule has 0 radical (unpaired) electrons. The number of nitrogens with one attached hydrogen (secondary N) is 1. The number of benzene rings is 2. The van der Waals surface area contributed by atoms with Gasteiger partial charge in [-0.15, -0.1) is 20.4 Å². The van der Waals surface area contributed by atoms with Gasteiger partial charge in [0.1, 0.15) is 10.0 Å². The highest BCUT2D eigenvalue weighted by Crippen LogP contribution is 2.24. The van der Waals surface area contributed by atoms with Gasteiger partial charge in [-0.3, -0.25) is 10.1 Å². The van der Waals surface area contributed by atoms with Gasteiger partial charge in [0.2, 0.25) is 11.0 Å². The van der Waals surface area contributed by atoms with Crippen molar-refractivity contribution in [2.45, 2.75) is 18.4 Å². The molecule has 2 aromatic carbocycles. The molecule has 0 aliphatic rings. The zero-order valence-electron chi connectivity index (χ0n) is 16.3. The fourth-order valence-corrected chi connectivity index (χ4v) is 4.07. The van der Waals surface area contributed by atoms with Crippen molar-refractivity contribution in [2.24, 2.45) is 0 Å². The number of carbonyl (C=O) groups excluding carboxylic acids is 1. The molecule has 1 N–H and O–H groups in total. The van der Waals surface area contributed by atoms with E-state index in [1.165, 1.54) is 28.7 Å². The van der Waals surface area contributed by atoms with Crippen LogP contribution in [-0.4, -0.2) is 32.1 Å². The fourth-order valence-electron chi connectivity index (χ4n) is 2.76. The molecule has 2 heterocycles. The van der Waals surface area contributed by atoms with Gasteiger partial charge in [0.15, 0.2) is 0 Å². The standard InChI is InChI=1S/C22H19N5OS2/c1-2-20-25-27-22(30-20)23-19(28)14-29-21-13-12-18(24-26-21)17-10-8-16(9-11-17)15-6-4-3-5-7-15/h3-13H,2,14H2,1H3,(H,23,27,28). The third-order valence-corrected chi connectivity index (χ3v) is 6.20. The molecule has 0 fully saturated rings. The number of hydrogen-bond acceptors (Lipinski definition) is 7. The number of aryl methyl sites for hydroxylation is 1. The molecule has 0 saturated heterocycles. The lowest BCUT2D eigenvalue weighted by molar-refractivity contribution is -0.113. The number of anilines is 1. The van der Waals surface area contributed by atoms with Gasteiger partial charge in [-0.05, 0) is 29.7 Å². The number of thioether (sulfide) groups is 1. The number of aromatic nitrogens is 4. The molecule has 0 spiro atoms. The van der Waals surface area contributed by atoms with E-state index in [1.54, 1.807) is 0 Å². The first-order valence-corrected chi connectivity index (χ1v) is 11.3. The van der Waals surface area contributed by atoms with Crippen LogP contribution in [0.15, 0.2) is 71.8 Å². The Morgan fingerprint density at radius 2 is 1.60 bits per heavy atom. The predicted octanol–water partition coefficient (Wildman–Crippen LogP) is 4.96. The Hall–Kier alpha value is -3.10. The van der Waals surface area contributed by atoms with Crippen LogP contribution in [0.25, 0.3) is 22.4 Å². The summed E-state index contributed by atoms with van der Waals surface area (Å²) in [5, 5.41) is 21.4. The Kier molecular flexibility index (Phi) is 6.46. The lowest BCUT2D eigenvalue weighted by atomic mass is 10.0. The molecule has 0 aliphatic heterocycles. The minimum Gasteiger partial charge on any atom is -0.300 e. The lowest BCUT2D eigenvalue weighted by Crippen LogP contribution is -2.14. The third-order valence-electron chi connectivity index (χ3n) is 4.29. The van der Waals surface area contributed by atoms with Gasteiger partial charge in [0.05, 0.1) is 11.4 Å². The number of rotatable bonds is 7. The Labute approximate surface area is 182 Å². The van der Waals surface area contributed by atoms with Gasteiger partial charge in [-0.25, -0.2) is 0 Å². The van der Waals surface area contributed by atoms with Crippen LogP contribution >= 0.6 is 23.1 Å². The van der Waals surface area contributed by atoms with Gasteiger partial charge < -0.3 is 0 Å². The van der Waals surface area contributed by atoms with E-state index in [-0.39, 0.29) is 11.7 Å². The van der Waals surface area contributed by atoms with Crippen molar-refractivity contribution in [1.82, 2.24) is 20.4 Å². The molecular weight excluding hydrogens is 414 g/mol. The van der Waals surface area contributed by atoms with Crippen LogP contribution in [0.1, 0.15) is 11.9 Å². The largest absolute Gasteiger partial charge is 0.300 e. The van der Waals surface area contributed by atoms with Gasteiger partial charge >= 0.3 is 0 Å². The summed E-state index contributed by atoms with van der Waals surface area (Å²) in [5.41, 5.74) is 4.13. The second kappa shape index (κ2) is 9.60. The first-order valence-electron chi connectivity index (χ1n) is 9.46. The van der Waals surface area contributed by atoms with E-state index >= 15 is 0 Å². The smallest absolute Gasteiger partial charge is 0.236 e. The Morgan fingerprint density at radius 3 is 2.27 bits per heavy atom. The molecule has 8 heteroatoms. The lowest BCUT2D eigenvalue weighted by Gasteiger charge is -2.05. The second-order valence-electron chi connectivity index (χ2n) is 6.39. The normalized spacial score (nSPS) is 10.7. The summed E-state index contributed by atoms with van der Waals surface area (Å²) in [6, 6.07) is 22.3. The van der Waals surface area contributed by atoms with Crippen LogP contribution in [0.2, 0.25) is 0 Å². The minimum atomic E-state index is -0.138. The summed E-state index contributed by atoms with van der Waals surface area (Å²) in [6.45, 7) is 2.00. The van der Waals surface area contributed by atoms with E-state index in [4.69, 9.17) is 0 Å². The van der Waals surface area contributed by atoms with Crippen molar-refractivity contribution in [3.8, 4) is 22.4 Å².